The van der Waals surface area contributed by atoms with Crippen LogP contribution in [0.2, 0.25) is 0 Å². The van der Waals surface area contributed by atoms with Gasteiger partial charge in [0, 0.05) is 4.88 Å². The van der Waals surface area contributed by atoms with Gasteiger partial charge in [-0.3, -0.25) is 0 Å². The number of nitrogens with zero attached hydrogens (tertiary/aromatic N) is 1. The van der Waals surface area contributed by atoms with Crippen LogP contribution in [-0.4, -0.2) is 9.97 Å². The van der Waals surface area contributed by atoms with Gasteiger partial charge in [0.05, 0.1) is 0 Å². The molecule has 0 aliphatic carbocycles. The summed E-state index contributed by atoms with van der Waals surface area (Å²) in [6.45, 7) is 1.88. The summed E-state index contributed by atoms with van der Waals surface area (Å²) >= 11 is 6.13. The molecule has 0 radical (unpaired) electrons. The Kier molecular flexibility index (Phi) is 1.87. The van der Waals surface area contributed by atoms with Crippen LogP contribution in [0.15, 0.2) is 0 Å². The van der Waals surface area contributed by atoms with Crippen molar-refractivity contribution < 1.29 is 0 Å². The van der Waals surface area contributed by atoms with Gasteiger partial charge in [-0.05, 0) is 6.92 Å². The molecule has 0 unspecified atom stereocenters. The molecule has 0 aliphatic rings. The molecule has 0 aromatic carbocycles. The van der Waals surface area contributed by atoms with Gasteiger partial charge in [0.25, 0.3) is 0 Å². The van der Waals surface area contributed by atoms with E-state index in [0.29, 0.717) is 15.8 Å². The first-order valence-corrected chi connectivity index (χ1v) is 3.86. The smallest absolute Gasteiger partial charge is 0.153 e. The van der Waals surface area contributed by atoms with Crippen molar-refractivity contribution in [3.05, 3.63) is 9.88 Å². The molecule has 0 atom stereocenters. The van der Waals surface area contributed by atoms with Crippen molar-refractivity contribution in [2.75, 3.05) is 5.73 Å². The molecule has 0 amide bonds. The van der Waals surface area contributed by atoms with Gasteiger partial charge in [-0.15, -0.1) is 11.3 Å². The average molecular weight is 173 g/mol. The first-order valence-electron chi connectivity index (χ1n) is 2.64. The molecule has 10 heavy (non-hydrogen) atoms. The Morgan fingerprint density at radius 2 is 2.30 bits per heavy atom. The maximum atomic E-state index is 5.46. The van der Waals surface area contributed by atoms with Crippen molar-refractivity contribution in [3.63, 3.8) is 0 Å². The van der Waals surface area contributed by atoms with E-state index in [1.165, 1.54) is 11.3 Å². The summed E-state index contributed by atoms with van der Waals surface area (Å²) in [5.74, 6) is 0.521. The van der Waals surface area contributed by atoms with Crippen molar-refractivity contribution >= 4 is 34.4 Å². The number of nitrogens with two attached hydrogens (primary N) is 2. The topological polar surface area (TPSA) is 64.9 Å². The molecule has 0 saturated heterocycles. The highest BCUT2D eigenvalue weighted by Gasteiger charge is 2.04. The number of thiocarbonyl (C=S) groups is 1. The Hall–Kier alpha value is -0.680. The molecule has 5 heteroatoms. The third-order valence-corrected chi connectivity index (χ3v) is 2.39. The van der Waals surface area contributed by atoms with E-state index in [1.807, 2.05) is 6.92 Å². The molecule has 4 N–H and O–H groups in total. The largest absolute Gasteiger partial charge is 0.387 e. The number of aryl methyl sites for hydroxylation is 1. The minimum atomic E-state index is 0.310. The number of anilines is 1. The van der Waals surface area contributed by atoms with Gasteiger partial charge in [0.1, 0.15) is 10.8 Å². The van der Waals surface area contributed by atoms with E-state index >= 15 is 0 Å². The van der Waals surface area contributed by atoms with E-state index in [2.05, 4.69) is 4.98 Å². The second-order valence-electron chi connectivity index (χ2n) is 1.82. The zero-order valence-electron chi connectivity index (χ0n) is 5.42. The zero-order valence-corrected chi connectivity index (χ0v) is 7.05. The lowest BCUT2D eigenvalue weighted by molar-refractivity contribution is 1.37. The van der Waals surface area contributed by atoms with Crippen LogP contribution in [-0.2, 0) is 0 Å². The Morgan fingerprint density at radius 3 is 2.50 bits per heavy atom. The van der Waals surface area contributed by atoms with Crippen LogP contribution in [0.4, 0.5) is 5.82 Å². The fraction of sp³-hybridized carbons (Fsp3) is 0.200. The SMILES string of the molecule is Cc1sc(C(N)=S)nc1N. The Labute approximate surface area is 68.1 Å². The van der Waals surface area contributed by atoms with Crippen molar-refractivity contribution in [3.8, 4) is 0 Å². The van der Waals surface area contributed by atoms with Crippen LogP contribution in [0.5, 0.6) is 0 Å². The minimum absolute atomic E-state index is 0.310. The van der Waals surface area contributed by atoms with E-state index in [9.17, 15) is 0 Å². The first kappa shape index (κ1) is 7.43. The van der Waals surface area contributed by atoms with Crippen LogP contribution in [0.25, 0.3) is 0 Å². The van der Waals surface area contributed by atoms with Crippen molar-refractivity contribution in [1.29, 1.82) is 0 Å². The maximum Gasteiger partial charge on any atom is 0.153 e. The standard InChI is InChI=1S/C5H7N3S2/c1-2-3(6)8-5(10-2)4(7)9/h6H2,1H3,(H2,7,9). The normalized spacial score (nSPS) is 9.70. The predicted octanol–water partition coefficient (Wildman–Crippen LogP) is 0.668. The number of hydrogen-bond acceptors (Lipinski definition) is 4. The van der Waals surface area contributed by atoms with E-state index in [4.69, 9.17) is 23.7 Å². The van der Waals surface area contributed by atoms with Crippen LogP contribution in [0, 0.1) is 6.92 Å². The van der Waals surface area contributed by atoms with E-state index in [1.54, 1.807) is 0 Å². The second-order valence-corrected chi connectivity index (χ2v) is 3.47. The summed E-state index contributed by atoms with van der Waals surface area (Å²) in [7, 11) is 0. The molecule has 3 nitrogen and oxygen atoms in total. The highest BCUT2D eigenvalue weighted by molar-refractivity contribution is 7.81. The molecule has 0 fully saturated rings. The summed E-state index contributed by atoms with van der Waals surface area (Å²) in [5.41, 5.74) is 10.8. The molecule has 1 aromatic rings. The molecule has 0 bridgehead atoms. The van der Waals surface area contributed by atoms with E-state index < -0.39 is 0 Å². The summed E-state index contributed by atoms with van der Waals surface area (Å²) in [6, 6.07) is 0. The van der Waals surface area contributed by atoms with Crippen molar-refractivity contribution in [2.45, 2.75) is 6.92 Å². The molecule has 0 spiro atoms. The van der Waals surface area contributed by atoms with Crippen LogP contribution in [0.1, 0.15) is 9.88 Å². The maximum absolute atomic E-state index is 5.46. The summed E-state index contributed by atoms with van der Waals surface area (Å²) in [5, 5.41) is 0.644. The molecular weight excluding hydrogens is 166 g/mol. The third-order valence-electron chi connectivity index (χ3n) is 1.04. The van der Waals surface area contributed by atoms with Gasteiger partial charge in [-0.2, -0.15) is 0 Å². The van der Waals surface area contributed by atoms with Gasteiger partial charge in [-0.25, -0.2) is 4.98 Å². The number of rotatable bonds is 1. The lowest BCUT2D eigenvalue weighted by Crippen LogP contribution is -2.08. The predicted molar refractivity (Wildman–Crippen MR) is 47.2 cm³/mol. The van der Waals surface area contributed by atoms with E-state index in [-0.39, 0.29) is 0 Å². The van der Waals surface area contributed by atoms with Crippen molar-refractivity contribution in [2.24, 2.45) is 5.73 Å². The van der Waals surface area contributed by atoms with Gasteiger partial charge >= 0.3 is 0 Å². The molecule has 1 heterocycles. The molecule has 1 aromatic heterocycles. The van der Waals surface area contributed by atoms with Crippen molar-refractivity contribution in [1.82, 2.24) is 4.98 Å². The van der Waals surface area contributed by atoms with Gasteiger partial charge in [-0.1, -0.05) is 12.2 Å². The fourth-order valence-electron chi connectivity index (χ4n) is 0.514. The summed E-state index contributed by atoms with van der Waals surface area (Å²) in [4.78, 5) is 5.21. The molecule has 1 rings (SSSR count). The molecule has 0 saturated carbocycles. The molecule has 54 valence electrons. The Morgan fingerprint density at radius 1 is 1.70 bits per heavy atom. The van der Waals surface area contributed by atoms with Gasteiger partial charge in [0.2, 0.25) is 0 Å². The van der Waals surface area contributed by atoms with Gasteiger partial charge in [0.15, 0.2) is 5.01 Å². The Bertz CT molecular complexity index is 246. The van der Waals surface area contributed by atoms with E-state index in [0.717, 1.165) is 4.88 Å². The first-order chi connectivity index (χ1) is 4.61. The lowest BCUT2D eigenvalue weighted by Gasteiger charge is -1.84. The highest BCUT2D eigenvalue weighted by Crippen LogP contribution is 2.18. The lowest BCUT2D eigenvalue weighted by atomic mass is 10.6. The number of nitrogen functional groups attached to an aromatic ring is 1. The highest BCUT2D eigenvalue weighted by atomic mass is 32.1. The average Bonchev–Trinajstić information content (AvgIpc) is 2.13. The summed E-state index contributed by atoms with van der Waals surface area (Å²) < 4.78 is 0. The fourth-order valence-corrected chi connectivity index (χ4v) is 1.37. The zero-order chi connectivity index (χ0) is 7.72. The number of thiazole rings is 1. The monoisotopic (exact) mass is 173 g/mol. The molecular formula is C5H7N3S2. The number of hydrogen-bond donors (Lipinski definition) is 2. The Balaban J connectivity index is 3.10. The molecule has 0 aliphatic heterocycles. The van der Waals surface area contributed by atoms with Crippen LogP contribution < -0.4 is 11.5 Å². The van der Waals surface area contributed by atoms with Crippen LogP contribution in [0.3, 0.4) is 0 Å². The summed E-state index contributed by atoms with van der Waals surface area (Å²) in [6.07, 6.45) is 0. The number of aromatic nitrogens is 1. The van der Waals surface area contributed by atoms with Gasteiger partial charge < -0.3 is 11.5 Å². The quantitative estimate of drug-likeness (QED) is 0.613. The third kappa shape index (κ3) is 1.25. The van der Waals surface area contributed by atoms with Crippen LogP contribution >= 0.6 is 23.6 Å². The minimum Gasteiger partial charge on any atom is -0.387 e. The second kappa shape index (κ2) is 2.51.